The van der Waals surface area contributed by atoms with Gasteiger partial charge in [-0.05, 0) is 77.0 Å². The van der Waals surface area contributed by atoms with Crippen LogP contribution in [0.5, 0.6) is 0 Å². The third-order valence-electron chi connectivity index (χ3n) is 4.48. The Bertz CT molecular complexity index is 759. The number of pyridine rings is 1. The molecule has 2 N–H and O–H groups in total. The molecule has 0 saturated heterocycles. The van der Waals surface area contributed by atoms with Crippen molar-refractivity contribution in [2.45, 2.75) is 52.3 Å². The Morgan fingerprint density at radius 2 is 1.87 bits per heavy atom. The van der Waals surface area contributed by atoms with Crippen LogP contribution in [0.4, 0.5) is 4.79 Å². The zero-order valence-electron chi connectivity index (χ0n) is 18.8. The summed E-state index contributed by atoms with van der Waals surface area (Å²) in [6.45, 7) is 9.26. The molecule has 164 valence electrons. The first-order valence-electron chi connectivity index (χ1n) is 10.7. The van der Waals surface area contributed by atoms with Crippen LogP contribution in [0.1, 0.15) is 44.0 Å². The van der Waals surface area contributed by atoms with Crippen molar-refractivity contribution >= 4 is 6.09 Å². The lowest BCUT2D eigenvalue weighted by Gasteiger charge is -2.27. The number of carbonyl (C=O) groups excluding carboxylic acids is 1. The smallest absolute Gasteiger partial charge is 0.410 e. The second kappa shape index (κ2) is 12.3. The molecule has 0 saturated carbocycles. The van der Waals surface area contributed by atoms with Gasteiger partial charge in [0.2, 0.25) is 0 Å². The predicted octanol–water partition coefficient (Wildman–Crippen LogP) is 3.76. The Balaban J connectivity index is 1.86. The summed E-state index contributed by atoms with van der Waals surface area (Å²) in [5, 5.41) is 6.61. The molecule has 0 radical (unpaired) electrons. The van der Waals surface area contributed by atoms with Crippen molar-refractivity contribution in [2.24, 2.45) is 0 Å². The Kier molecular flexibility index (Phi) is 9.77. The molecular formula is C24H36N4O2. The van der Waals surface area contributed by atoms with E-state index in [-0.39, 0.29) is 6.09 Å². The molecule has 0 aliphatic carbocycles. The molecule has 6 heteroatoms. The van der Waals surface area contributed by atoms with Gasteiger partial charge in [0.1, 0.15) is 5.60 Å². The standard InChI is InChI=1S/C24H36N4O2/c1-24(2,3)30-23(29)28(19-22-17-21(18-25-4)12-15-27-22)16-8-13-26-14-11-20-9-6-5-7-10-20/h5-7,9-10,12,15,17,25-26H,8,11,13-14,16,18-19H2,1-4H3. The highest BCUT2D eigenvalue weighted by Crippen LogP contribution is 2.13. The Morgan fingerprint density at radius 1 is 1.10 bits per heavy atom. The van der Waals surface area contributed by atoms with Crippen LogP contribution in [0.3, 0.4) is 0 Å². The highest BCUT2D eigenvalue weighted by Gasteiger charge is 2.22. The molecule has 1 amide bonds. The number of nitrogens with one attached hydrogen (secondary N) is 2. The van der Waals surface area contributed by atoms with Gasteiger partial charge >= 0.3 is 6.09 Å². The molecule has 1 heterocycles. The van der Waals surface area contributed by atoms with Crippen LogP contribution >= 0.6 is 0 Å². The van der Waals surface area contributed by atoms with Crippen LogP contribution in [-0.4, -0.2) is 48.3 Å². The molecule has 2 rings (SSSR count). The largest absolute Gasteiger partial charge is 0.444 e. The summed E-state index contributed by atoms with van der Waals surface area (Å²) in [7, 11) is 1.91. The third kappa shape index (κ3) is 9.37. The monoisotopic (exact) mass is 412 g/mol. The maximum atomic E-state index is 12.7. The summed E-state index contributed by atoms with van der Waals surface area (Å²) in [6, 6.07) is 14.5. The van der Waals surface area contributed by atoms with E-state index in [0.717, 1.165) is 43.7 Å². The number of benzene rings is 1. The summed E-state index contributed by atoms with van der Waals surface area (Å²) in [6.07, 6.45) is 3.34. The summed E-state index contributed by atoms with van der Waals surface area (Å²) < 4.78 is 5.61. The molecule has 1 aromatic carbocycles. The van der Waals surface area contributed by atoms with E-state index in [4.69, 9.17) is 4.74 Å². The molecule has 0 bridgehead atoms. The molecule has 6 nitrogen and oxygen atoms in total. The van der Waals surface area contributed by atoms with Gasteiger partial charge in [-0.3, -0.25) is 4.98 Å². The van der Waals surface area contributed by atoms with Gasteiger partial charge in [0.15, 0.2) is 0 Å². The molecule has 0 atom stereocenters. The number of hydrogen-bond donors (Lipinski definition) is 2. The SMILES string of the molecule is CNCc1ccnc(CN(CCCNCCc2ccccc2)C(=O)OC(C)(C)C)c1. The molecule has 0 aliphatic rings. The van der Waals surface area contributed by atoms with Crippen LogP contribution in [0.15, 0.2) is 48.7 Å². The minimum Gasteiger partial charge on any atom is -0.444 e. The van der Waals surface area contributed by atoms with E-state index in [1.807, 2.05) is 46.0 Å². The average molecular weight is 413 g/mol. The first-order chi connectivity index (χ1) is 14.4. The van der Waals surface area contributed by atoms with Crippen molar-refractivity contribution in [3.63, 3.8) is 0 Å². The van der Waals surface area contributed by atoms with E-state index in [1.165, 1.54) is 5.56 Å². The maximum absolute atomic E-state index is 12.7. The Labute approximate surface area is 181 Å². The quantitative estimate of drug-likeness (QED) is 0.550. The van der Waals surface area contributed by atoms with Crippen molar-refractivity contribution in [1.29, 1.82) is 0 Å². The zero-order valence-corrected chi connectivity index (χ0v) is 18.8. The molecule has 0 spiro atoms. The normalized spacial score (nSPS) is 11.3. The van der Waals surface area contributed by atoms with Gasteiger partial charge in [0.25, 0.3) is 0 Å². The first-order valence-corrected chi connectivity index (χ1v) is 10.7. The summed E-state index contributed by atoms with van der Waals surface area (Å²) >= 11 is 0. The van der Waals surface area contributed by atoms with E-state index < -0.39 is 5.60 Å². The van der Waals surface area contributed by atoms with Gasteiger partial charge in [-0.15, -0.1) is 0 Å². The van der Waals surface area contributed by atoms with E-state index in [0.29, 0.717) is 13.1 Å². The van der Waals surface area contributed by atoms with Crippen molar-refractivity contribution in [3.8, 4) is 0 Å². The van der Waals surface area contributed by atoms with Crippen molar-refractivity contribution < 1.29 is 9.53 Å². The first kappa shape index (κ1) is 23.8. The minimum absolute atomic E-state index is 0.299. The second-order valence-electron chi connectivity index (χ2n) is 8.43. The Morgan fingerprint density at radius 3 is 2.57 bits per heavy atom. The van der Waals surface area contributed by atoms with E-state index in [9.17, 15) is 4.79 Å². The lowest BCUT2D eigenvalue weighted by Crippen LogP contribution is -2.38. The molecule has 0 fully saturated rings. The Hall–Kier alpha value is -2.44. The summed E-state index contributed by atoms with van der Waals surface area (Å²) in [5.41, 5.74) is 2.82. The van der Waals surface area contributed by atoms with Gasteiger partial charge in [-0.1, -0.05) is 30.3 Å². The highest BCUT2D eigenvalue weighted by molar-refractivity contribution is 5.68. The van der Waals surface area contributed by atoms with Gasteiger partial charge in [-0.2, -0.15) is 0 Å². The minimum atomic E-state index is -0.523. The summed E-state index contributed by atoms with van der Waals surface area (Å²) in [5.74, 6) is 0. The zero-order chi connectivity index (χ0) is 21.8. The average Bonchev–Trinajstić information content (AvgIpc) is 2.69. The van der Waals surface area contributed by atoms with Crippen LogP contribution in [0.25, 0.3) is 0 Å². The molecule has 2 aromatic rings. The number of amides is 1. The number of hydrogen-bond acceptors (Lipinski definition) is 5. The second-order valence-corrected chi connectivity index (χ2v) is 8.43. The fourth-order valence-corrected chi connectivity index (χ4v) is 3.08. The summed E-state index contributed by atoms with van der Waals surface area (Å²) in [4.78, 5) is 18.9. The van der Waals surface area contributed by atoms with E-state index in [2.05, 4.69) is 39.9 Å². The van der Waals surface area contributed by atoms with Gasteiger partial charge in [0, 0.05) is 19.3 Å². The molecule has 1 aromatic heterocycles. The van der Waals surface area contributed by atoms with Crippen LogP contribution < -0.4 is 10.6 Å². The van der Waals surface area contributed by atoms with Crippen LogP contribution in [0, 0.1) is 0 Å². The molecule has 30 heavy (non-hydrogen) atoms. The number of nitrogens with zero attached hydrogens (tertiary/aromatic N) is 2. The van der Waals surface area contributed by atoms with Crippen molar-refractivity contribution in [2.75, 3.05) is 26.7 Å². The number of rotatable bonds is 11. The van der Waals surface area contributed by atoms with Crippen LogP contribution in [-0.2, 0) is 24.2 Å². The highest BCUT2D eigenvalue weighted by atomic mass is 16.6. The molecule has 0 aliphatic heterocycles. The fraction of sp³-hybridized carbons (Fsp3) is 0.500. The van der Waals surface area contributed by atoms with E-state index in [1.54, 1.807) is 11.1 Å². The van der Waals surface area contributed by atoms with Gasteiger partial charge < -0.3 is 20.3 Å². The van der Waals surface area contributed by atoms with Crippen LogP contribution in [0.2, 0.25) is 0 Å². The predicted molar refractivity (Wildman–Crippen MR) is 121 cm³/mol. The maximum Gasteiger partial charge on any atom is 0.410 e. The fourth-order valence-electron chi connectivity index (χ4n) is 3.08. The van der Waals surface area contributed by atoms with E-state index >= 15 is 0 Å². The van der Waals surface area contributed by atoms with Gasteiger partial charge in [-0.25, -0.2) is 4.79 Å². The van der Waals surface area contributed by atoms with Crippen molar-refractivity contribution in [1.82, 2.24) is 20.5 Å². The topological polar surface area (TPSA) is 66.5 Å². The number of carbonyl (C=O) groups is 1. The molecule has 0 unspecified atom stereocenters. The number of aromatic nitrogens is 1. The van der Waals surface area contributed by atoms with Gasteiger partial charge in [0.05, 0.1) is 12.2 Å². The third-order valence-corrected chi connectivity index (χ3v) is 4.48. The molecular weight excluding hydrogens is 376 g/mol. The van der Waals surface area contributed by atoms with Crippen molar-refractivity contribution in [3.05, 3.63) is 65.5 Å². The lowest BCUT2D eigenvalue weighted by atomic mass is 10.1. The lowest BCUT2D eigenvalue weighted by molar-refractivity contribution is 0.0229. The number of ether oxygens (including phenoxy) is 1.